The van der Waals surface area contributed by atoms with Gasteiger partial charge < -0.3 is 24.8 Å². The molecule has 0 amide bonds. The molecule has 114 valence electrons. The van der Waals surface area contributed by atoms with Crippen LogP contribution >= 0.6 is 0 Å². The van der Waals surface area contributed by atoms with Crippen LogP contribution in [0.15, 0.2) is 6.33 Å². The molecule has 1 atom stereocenters. The minimum absolute atomic E-state index is 0.113. The number of aromatic nitrogens is 2. The normalized spacial score (nSPS) is 12.2. The van der Waals surface area contributed by atoms with Gasteiger partial charge in [0.2, 0.25) is 5.88 Å². The second-order valence-electron chi connectivity index (χ2n) is 4.34. The summed E-state index contributed by atoms with van der Waals surface area (Å²) < 4.78 is 15.8. The van der Waals surface area contributed by atoms with E-state index >= 15 is 0 Å². The summed E-state index contributed by atoms with van der Waals surface area (Å²) in [6, 6.07) is 0.113. The maximum absolute atomic E-state index is 6.10. The van der Waals surface area contributed by atoms with E-state index < -0.39 is 0 Å². The van der Waals surface area contributed by atoms with Crippen LogP contribution in [0.3, 0.4) is 0 Å². The molecular weight excluding hydrogens is 260 g/mol. The topological polar surface area (TPSA) is 82.7 Å². The summed E-state index contributed by atoms with van der Waals surface area (Å²) in [4.78, 5) is 10.4. The summed E-state index contributed by atoms with van der Waals surface area (Å²) in [5.74, 6) is 1.05. The van der Waals surface area contributed by atoms with Crippen LogP contribution in [0.5, 0.6) is 5.88 Å². The molecule has 0 aliphatic heterocycles. The van der Waals surface area contributed by atoms with Crippen LogP contribution in [0.2, 0.25) is 0 Å². The Bertz CT molecular complexity index is 403. The van der Waals surface area contributed by atoms with E-state index in [0.29, 0.717) is 43.8 Å². The van der Waals surface area contributed by atoms with Gasteiger partial charge in [-0.05, 0) is 13.8 Å². The number of nitrogens with zero attached hydrogens (tertiary/aromatic N) is 3. The van der Waals surface area contributed by atoms with Gasteiger partial charge >= 0.3 is 0 Å². The Morgan fingerprint density at radius 2 is 2.05 bits per heavy atom. The monoisotopic (exact) mass is 284 g/mol. The molecule has 2 N–H and O–H groups in total. The van der Waals surface area contributed by atoms with Crippen LogP contribution < -0.4 is 15.4 Å². The lowest BCUT2D eigenvalue weighted by molar-refractivity contribution is 0.170. The molecule has 1 aromatic rings. The highest BCUT2D eigenvalue weighted by atomic mass is 16.5. The van der Waals surface area contributed by atoms with Crippen molar-refractivity contribution in [2.24, 2.45) is 0 Å². The first-order chi connectivity index (χ1) is 9.65. The third-order valence-electron chi connectivity index (χ3n) is 2.86. The highest BCUT2D eigenvalue weighted by Crippen LogP contribution is 2.29. The highest BCUT2D eigenvalue weighted by molar-refractivity contribution is 5.68. The molecule has 0 radical (unpaired) electrons. The molecule has 0 saturated carbocycles. The molecule has 7 heteroatoms. The molecule has 1 aromatic heterocycles. The van der Waals surface area contributed by atoms with Crippen molar-refractivity contribution in [2.45, 2.75) is 19.9 Å². The van der Waals surface area contributed by atoms with Gasteiger partial charge in [-0.2, -0.15) is 4.98 Å². The molecular formula is C13H24N4O3. The predicted molar refractivity (Wildman–Crippen MR) is 78.2 cm³/mol. The number of hydrogen-bond acceptors (Lipinski definition) is 7. The maximum Gasteiger partial charge on any atom is 0.242 e. The van der Waals surface area contributed by atoms with E-state index in [9.17, 15) is 0 Å². The van der Waals surface area contributed by atoms with Crippen LogP contribution in [0, 0.1) is 0 Å². The third-order valence-corrected chi connectivity index (χ3v) is 2.86. The lowest BCUT2D eigenvalue weighted by Gasteiger charge is -2.30. The highest BCUT2D eigenvalue weighted by Gasteiger charge is 2.20. The summed E-state index contributed by atoms with van der Waals surface area (Å²) in [6.45, 7) is 6.23. The Morgan fingerprint density at radius 1 is 1.30 bits per heavy atom. The second kappa shape index (κ2) is 8.55. The lowest BCUT2D eigenvalue weighted by atomic mass is 10.2. The Hall–Kier alpha value is -1.60. The molecule has 0 bridgehead atoms. The Kier molecular flexibility index (Phi) is 7.03. The molecule has 7 nitrogen and oxygen atoms in total. The van der Waals surface area contributed by atoms with Gasteiger partial charge in [-0.3, -0.25) is 0 Å². The molecule has 1 heterocycles. The predicted octanol–water partition coefficient (Wildman–Crippen LogP) is 0.945. The van der Waals surface area contributed by atoms with Gasteiger partial charge in [-0.15, -0.1) is 0 Å². The summed E-state index contributed by atoms with van der Waals surface area (Å²) in [7, 11) is 3.33. The number of rotatable bonds is 9. The minimum Gasteiger partial charge on any atom is -0.476 e. The minimum atomic E-state index is 0.113. The Balaban J connectivity index is 3.02. The van der Waals surface area contributed by atoms with E-state index in [1.807, 2.05) is 18.7 Å². The van der Waals surface area contributed by atoms with Gasteiger partial charge in [0.05, 0.1) is 25.9 Å². The van der Waals surface area contributed by atoms with Crippen molar-refractivity contribution in [3.8, 4) is 5.88 Å². The van der Waals surface area contributed by atoms with E-state index in [2.05, 4.69) is 9.97 Å². The number of nitrogens with two attached hydrogens (primary N) is 1. The largest absolute Gasteiger partial charge is 0.476 e. The van der Waals surface area contributed by atoms with Gasteiger partial charge in [-0.1, -0.05) is 0 Å². The lowest BCUT2D eigenvalue weighted by Crippen LogP contribution is -2.39. The van der Waals surface area contributed by atoms with Crippen LogP contribution in [0.25, 0.3) is 0 Å². The molecule has 1 unspecified atom stereocenters. The van der Waals surface area contributed by atoms with E-state index in [1.54, 1.807) is 14.2 Å². The van der Waals surface area contributed by atoms with Gasteiger partial charge in [0.15, 0.2) is 5.82 Å². The zero-order valence-electron chi connectivity index (χ0n) is 12.6. The van der Waals surface area contributed by atoms with Crippen molar-refractivity contribution in [1.82, 2.24) is 9.97 Å². The molecule has 0 fully saturated rings. The fourth-order valence-corrected chi connectivity index (χ4v) is 1.91. The summed E-state index contributed by atoms with van der Waals surface area (Å²) in [5, 5.41) is 0. The third kappa shape index (κ3) is 4.21. The van der Waals surface area contributed by atoms with Crippen molar-refractivity contribution in [1.29, 1.82) is 0 Å². The van der Waals surface area contributed by atoms with Gasteiger partial charge in [0, 0.05) is 20.8 Å². The van der Waals surface area contributed by atoms with Crippen molar-refractivity contribution >= 4 is 11.5 Å². The zero-order valence-corrected chi connectivity index (χ0v) is 12.6. The summed E-state index contributed by atoms with van der Waals surface area (Å²) in [5.41, 5.74) is 6.54. The fourth-order valence-electron chi connectivity index (χ4n) is 1.91. The average Bonchev–Trinajstić information content (AvgIpc) is 2.43. The number of anilines is 2. The van der Waals surface area contributed by atoms with Gasteiger partial charge in [0.25, 0.3) is 0 Å². The summed E-state index contributed by atoms with van der Waals surface area (Å²) in [6.07, 6.45) is 1.45. The van der Waals surface area contributed by atoms with E-state index in [1.165, 1.54) is 6.33 Å². The van der Waals surface area contributed by atoms with Crippen molar-refractivity contribution in [3.05, 3.63) is 6.33 Å². The molecule has 0 aromatic carbocycles. The van der Waals surface area contributed by atoms with Gasteiger partial charge in [0.1, 0.15) is 12.0 Å². The number of nitrogen functional groups attached to an aromatic ring is 1. The van der Waals surface area contributed by atoms with E-state index in [0.717, 1.165) is 0 Å². The SMILES string of the molecule is CCOc1ncnc(N(CCOC)C(C)COC)c1N. The molecule has 1 rings (SSSR count). The van der Waals surface area contributed by atoms with E-state index in [-0.39, 0.29) is 6.04 Å². The van der Waals surface area contributed by atoms with Crippen LogP contribution in [-0.2, 0) is 9.47 Å². The first-order valence-electron chi connectivity index (χ1n) is 6.63. The first-order valence-corrected chi connectivity index (χ1v) is 6.63. The van der Waals surface area contributed by atoms with Crippen molar-refractivity contribution < 1.29 is 14.2 Å². The fraction of sp³-hybridized carbons (Fsp3) is 0.692. The molecule has 0 aliphatic carbocycles. The van der Waals surface area contributed by atoms with Crippen molar-refractivity contribution in [2.75, 3.05) is 51.2 Å². The van der Waals surface area contributed by atoms with Crippen LogP contribution in [-0.4, -0.2) is 56.6 Å². The quantitative estimate of drug-likeness (QED) is 0.722. The number of methoxy groups -OCH3 is 2. The van der Waals surface area contributed by atoms with Crippen LogP contribution in [0.1, 0.15) is 13.8 Å². The number of ether oxygens (including phenoxy) is 3. The van der Waals surface area contributed by atoms with E-state index in [4.69, 9.17) is 19.9 Å². The standard InChI is InChI=1S/C13H24N4O3/c1-5-20-13-11(14)12(15-9-16-13)17(6-7-18-3)10(2)8-19-4/h9-10H,5-8,14H2,1-4H3. The van der Waals surface area contributed by atoms with Crippen molar-refractivity contribution in [3.63, 3.8) is 0 Å². The molecule has 0 aliphatic rings. The first kappa shape index (κ1) is 16.5. The smallest absolute Gasteiger partial charge is 0.242 e. The number of hydrogen-bond donors (Lipinski definition) is 1. The Labute approximate surface area is 120 Å². The second-order valence-corrected chi connectivity index (χ2v) is 4.34. The molecule has 20 heavy (non-hydrogen) atoms. The van der Waals surface area contributed by atoms with Gasteiger partial charge in [-0.25, -0.2) is 4.98 Å². The van der Waals surface area contributed by atoms with Crippen LogP contribution in [0.4, 0.5) is 11.5 Å². The summed E-state index contributed by atoms with van der Waals surface area (Å²) >= 11 is 0. The molecule has 0 saturated heterocycles. The zero-order chi connectivity index (χ0) is 15.0. The molecule has 0 spiro atoms. The average molecular weight is 284 g/mol. The Morgan fingerprint density at radius 3 is 2.65 bits per heavy atom. The maximum atomic E-state index is 6.10.